The van der Waals surface area contributed by atoms with E-state index < -0.39 is 5.54 Å². The molecule has 0 amide bonds. The Morgan fingerprint density at radius 2 is 1.28 bits per heavy atom. The summed E-state index contributed by atoms with van der Waals surface area (Å²) in [5.41, 5.74) is 13.3. The fraction of sp³-hybridized carbons (Fsp3) is 0.125. The molecule has 0 saturated carbocycles. The molecular formula is C24H21N5. The van der Waals surface area contributed by atoms with Gasteiger partial charge in [-0.1, -0.05) is 96.1 Å². The molecule has 0 atom stereocenters. The second-order valence-corrected chi connectivity index (χ2v) is 6.84. The van der Waals surface area contributed by atoms with Gasteiger partial charge in [-0.3, -0.25) is 0 Å². The minimum absolute atomic E-state index is 0.233. The number of hydrogen-bond acceptors (Lipinski definition) is 2. The topological polar surface area (TPSA) is 66.6 Å². The highest BCUT2D eigenvalue weighted by Crippen LogP contribution is 2.42. The predicted octanol–water partition coefficient (Wildman–Crippen LogP) is 5.84. The van der Waals surface area contributed by atoms with Gasteiger partial charge in [0.1, 0.15) is 5.54 Å². The lowest BCUT2D eigenvalue weighted by molar-refractivity contribution is 0.495. The third kappa shape index (κ3) is 3.18. The van der Waals surface area contributed by atoms with Gasteiger partial charge in [0.05, 0.1) is 18.6 Å². The van der Waals surface area contributed by atoms with Crippen LogP contribution in [0.4, 0.5) is 0 Å². The summed E-state index contributed by atoms with van der Waals surface area (Å²) in [5, 5.41) is 3.85. The Bertz CT molecular complexity index is 1030. The molecule has 5 heteroatoms. The molecule has 0 bridgehead atoms. The normalized spacial score (nSPS) is 11.1. The molecule has 0 aliphatic rings. The lowest BCUT2D eigenvalue weighted by Gasteiger charge is -2.38. The van der Waals surface area contributed by atoms with E-state index in [9.17, 15) is 0 Å². The van der Waals surface area contributed by atoms with Gasteiger partial charge in [-0.2, -0.15) is 0 Å². The largest absolute Gasteiger partial charge is 0.316 e. The molecule has 5 nitrogen and oxygen atoms in total. The molecule has 1 heterocycles. The van der Waals surface area contributed by atoms with E-state index in [4.69, 9.17) is 5.53 Å². The van der Waals surface area contributed by atoms with E-state index in [-0.39, 0.29) is 6.54 Å². The molecule has 0 unspecified atom stereocenters. The van der Waals surface area contributed by atoms with Crippen LogP contribution in [0.2, 0.25) is 0 Å². The van der Waals surface area contributed by atoms with E-state index in [1.54, 1.807) is 0 Å². The van der Waals surface area contributed by atoms with Crippen molar-refractivity contribution >= 4 is 0 Å². The molecule has 0 fully saturated rings. The van der Waals surface area contributed by atoms with E-state index in [0.29, 0.717) is 0 Å². The van der Waals surface area contributed by atoms with E-state index in [1.807, 2.05) is 67.8 Å². The highest BCUT2D eigenvalue weighted by molar-refractivity contribution is 5.51. The Morgan fingerprint density at radius 3 is 1.69 bits per heavy atom. The van der Waals surface area contributed by atoms with Crippen molar-refractivity contribution in [1.29, 1.82) is 0 Å². The number of benzene rings is 3. The maximum Gasteiger partial charge on any atom is 0.121 e. The summed E-state index contributed by atoms with van der Waals surface area (Å²) in [6.45, 7) is 2.18. The number of rotatable bonds is 6. The maximum atomic E-state index is 8.93. The molecular weight excluding hydrogens is 358 g/mol. The molecule has 29 heavy (non-hydrogen) atoms. The number of aromatic nitrogens is 2. The summed E-state index contributed by atoms with van der Waals surface area (Å²) in [6.07, 6.45) is 1.85. The van der Waals surface area contributed by atoms with Crippen molar-refractivity contribution in [3.63, 3.8) is 0 Å². The second kappa shape index (κ2) is 8.05. The van der Waals surface area contributed by atoms with Crippen molar-refractivity contribution in [3.8, 4) is 0 Å². The molecule has 3 aromatic carbocycles. The third-order valence-electron chi connectivity index (χ3n) is 5.30. The molecule has 1 aromatic heterocycles. The fourth-order valence-electron chi connectivity index (χ4n) is 4.00. The van der Waals surface area contributed by atoms with Crippen molar-refractivity contribution in [2.45, 2.75) is 19.0 Å². The minimum atomic E-state index is -0.647. The average Bonchev–Trinajstić information content (AvgIpc) is 3.16. The van der Waals surface area contributed by atoms with Crippen LogP contribution in [0.15, 0.2) is 102 Å². The highest BCUT2D eigenvalue weighted by Gasteiger charge is 2.39. The minimum Gasteiger partial charge on any atom is -0.316 e. The van der Waals surface area contributed by atoms with Crippen LogP contribution in [-0.4, -0.2) is 9.55 Å². The number of azide groups is 1. The quantitative estimate of drug-likeness (QED) is 0.179. The SMILES string of the molecule is Cc1ncn(C(c2ccccc2)(c2ccccc2)c2ccccc2)c1CN=[N+]=[N-]. The Hall–Kier alpha value is -3.82. The van der Waals surface area contributed by atoms with Gasteiger partial charge < -0.3 is 4.57 Å². The molecule has 4 aromatic rings. The van der Waals surface area contributed by atoms with Crippen molar-refractivity contribution < 1.29 is 0 Å². The lowest BCUT2D eigenvalue weighted by atomic mass is 9.76. The Kier molecular flexibility index (Phi) is 5.14. The predicted molar refractivity (Wildman–Crippen MR) is 114 cm³/mol. The lowest BCUT2D eigenvalue weighted by Crippen LogP contribution is -2.38. The fourth-order valence-corrected chi connectivity index (χ4v) is 4.00. The first-order valence-corrected chi connectivity index (χ1v) is 9.49. The van der Waals surface area contributed by atoms with E-state index in [2.05, 4.69) is 56.0 Å². The van der Waals surface area contributed by atoms with Gasteiger partial charge in [0, 0.05) is 10.6 Å². The zero-order chi connectivity index (χ0) is 20.1. The van der Waals surface area contributed by atoms with Crippen LogP contribution in [0.5, 0.6) is 0 Å². The van der Waals surface area contributed by atoms with Crippen molar-refractivity contribution in [3.05, 3.63) is 136 Å². The van der Waals surface area contributed by atoms with Crippen LogP contribution in [0.3, 0.4) is 0 Å². The van der Waals surface area contributed by atoms with Gasteiger partial charge in [0.2, 0.25) is 0 Å². The first-order valence-electron chi connectivity index (χ1n) is 9.49. The van der Waals surface area contributed by atoms with Crippen molar-refractivity contribution in [1.82, 2.24) is 9.55 Å². The van der Waals surface area contributed by atoms with Crippen molar-refractivity contribution in [2.24, 2.45) is 5.11 Å². The second-order valence-electron chi connectivity index (χ2n) is 6.84. The van der Waals surface area contributed by atoms with Crippen molar-refractivity contribution in [2.75, 3.05) is 0 Å². The number of imidazole rings is 1. The van der Waals surface area contributed by atoms with Crippen LogP contribution >= 0.6 is 0 Å². The van der Waals surface area contributed by atoms with Crippen LogP contribution in [0, 0.1) is 6.92 Å². The van der Waals surface area contributed by atoms with Gasteiger partial charge in [-0.15, -0.1) is 0 Å². The van der Waals surface area contributed by atoms with E-state index >= 15 is 0 Å². The Morgan fingerprint density at radius 1 is 0.828 bits per heavy atom. The van der Waals surface area contributed by atoms with Gasteiger partial charge in [0.15, 0.2) is 0 Å². The first-order chi connectivity index (χ1) is 14.3. The van der Waals surface area contributed by atoms with Crippen LogP contribution in [0.1, 0.15) is 28.1 Å². The Balaban J connectivity index is 2.14. The van der Waals surface area contributed by atoms with Gasteiger partial charge in [-0.05, 0) is 29.1 Å². The highest BCUT2D eigenvalue weighted by atomic mass is 15.2. The van der Waals surface area contributed by atoms with Gasteiger partial charge in [0.25, 0.3) is 0 Å². The monoisotopic (exact) mass is 379 g/mol. The van der Waals surface area contributed by atoms with Gasteiger partial charge >= 0.3 is 0 Å². The standard InChI is InChI=1S/C24H21N5/c1-19-23(17-27-28-25)29(18-26-19)24(20-11-5-2-6-12-20,21-13-7-3-8-14-21)22-15-9-4-10-16-22/h2-16,18H,17H2,1H3. The average molecular weight is 379 g/mol. The smallest absolute Gasteiger partial charge is 0.121 e. The molecule has 142 valence electrons. The summed E-state index contributed by atoms with van der Waals surface area (Å²) < 4.78 is 2.15. The number of hydrogen-bond donors (Lipinski definition) is 0. The molecule has 0 N–H and O–H groups in total. The number of aryl methyl sites for hydroxylation is 1. The molecule has 0 saturated heterocycles. The summed E-state index contributed by atoms with van der Waals surface area (Å²) >= 11 is 0. The molecule has 0 aliphatic heterocycles. The zero-order valence-electron chi connectivity index (χ0n) is 16.2. The molecule has 0 radical (unpaired) electrons. The molecule has 0 spiro atoms. The van der Waals surface area contributed by atoms with E-state index in [0.717, 1.165) is 28.1 Å². The van der Waals surface area contributed by atoms with Gasteiger partial charge in [-0.25, -0.2) is 4.98 Å². The summed E-state index contributed by atoms with van der Waals surface area (Å²) in [4.78, 5) is 7.57. The summed E-state index contributed by atoms with van der Waals surface area (Å²) in [6, 6.07) is 31.1. The van der Waals surface area contributed by atoms with Crippen LogP contribution in [-0.2, 0) is 12.1 Å². The summed E-state index contributed by atoms with van der Waals surface area (Å²) in [5.74, 6) is 0. The molecule has 4 rings (SSSR count). The summed E-state index contributed by atoms with van der Waals surface area (Å²) in [7, 11) is 0. The van der Waals surface area contributed by atoms with Crippen LogP contribution in [0.25, 0.3) is 10.4 Å². The maximum absolute atomic E-state index is 8.93. The van der Waals surface area contributed by atoms with Crippen LogP contribution < -0.4 is 0 Å². The first kappa shape index (κ1) is 18.5. The zero-order valence-corrected chi connectivity index (χ0v) is 16.2. The Labute approximate surface area is 169 Å². The van der Waals surface area contributed by atoms with E-state index in [1.165, 1.54) is 0 Å². The molecule has 0 aliphatic carbocycles. The third-order valence-corrected chi connectivity index (χ3v) is 5.30. The number of nitrogens with zero attached hydrogens (tertiary/aromatic N) is 5.